The van der Waals surface area contributed by atoms with E-state index in [0.29, 0.717) is 19.6 Å². The summed E-state index contributed by atoms with van der Waals surface area (Å²) in [6, 6.07) is 2.58. The minimum absolute atomic E-state index is 0.0336. The van der Waals surface area contributed by atoms with Crippen LogP contribution in [0, 0.1) is 11.6 Å². The smallest absolute Gasteiger partial charge is 0.321 e. The molecule has 1 atom stereocenters. The number of likely N-dealkylation sites (N-methyl/N-ethyl adjacent to an activating group) is 1. The van der Waals surface area contributed by atoms with Gasteiger partial charge in [0.1, 0.15) is 11.6 Å². The Balaban J connectivity index is 2.04. The van der Waals surface area contributed by atoms with Crippen molar-refractivity contribution < 1.29 is 13.6 Å². The number of hydrogen-bond donors (Lipinski definition) is 1. The van der Waals surface area contributed by atoms with Crippen molar-refractivity contribution in [2.45, 2.75) is 6.04 Å². The molecule has 2 amide bonds. The number of halogens is 2. The average Bonchev–Trinajstić information content (AvgIpc) is 2.40. The summed E-state index contributed by atoms with van der Waals surface area (Å²) in [7, 11) is 1.95. The Morgan fingerprint density at radius 3 is 2.67 bits per heavy atom. The number of rotatable bonds is 2. The van der Waals surface area contributed by atoms with Crippen LogP contribution < -0.4 is 5.32 Å². The molecule has 1 aliphatic rings. The highest BCUT2D eigenvalue weighted by Crippen LogP contribution is 2.15. The average molecular weight is 293 g/mol. The lowest BCUT2D eigenvalue weighted by molar-refractivity contribution is 0.137. The van der Waals surface area contributed by atoms with E-state index < -0.39 is 11.6 Å². The number of urea groups is 1. The Hall–Kier alpha value is -2.17. The van der Waals surface area contributed by atoms with Gasteiger partial charge in [-0.15, -0.1) is 5.73 Å². The van der Waals surface area contributed by atoms with Gasteiger partial charge in [-0.25, -0.2) is 13.6 Å². The lowest BCUT2D eigenvalue weighted by Gasteiger charge is -2.37. The molecular formula is C15H17F2N3O. The van der Waals surface area contributed by atoms with Gasteiger partial charge in [0.05, 0.1) is 6.04 Å². The van der Waals surface area contributed by atoms with Crippen molar-refractivity contribution >= 4 is 11.7 Å². The number of hydrogen-bond acceptors (Lipinski definition) is 2. The van der Waals surface area contributed by atoms with Gasteiger partial charge in [-0.05, 0) is 25.3 Å². The topological polar surface area (TPSA) is 35.6 Å². The summed E-state index contributed by atoms with van der Waals surface area (Å²) in [5, 5.41) is 2.51. The van der Waals surface area contributed by atoms with Crippen LogP contribution in [0.4, 0.5) is 19.3 Å². The molecule has 2 rings (SSSR count). The van der Waals surface area contributed by atoms with Gasteiger partial charge in [-0.2, -0.15) is 0 Å². The molecule has 6 heteroatoms. The van der Waals surface area contributed by atoms with Gasteiger partial charge in [-0.3, -0.25) is 4.90 Å². The molecule has 4 nitrogen and oxygen atoms in total. The summed E-state index contributed by atoms with van der Waals surface area (Å²) in [5.74, 6) is -1.45. The minimum Gasteiger partial charge on any atom is -0.321 e. The first-order valence-electron chi connectivity index (χ1n) is 6.58. The predicted molar refractivity (Wildman–Crippen MR) is 77.1 cm³/mol. The second-order valence-corrected chi connectivity index (χ2v) is 4.95. The number of benzene rings is 1. The Morgan fingerprint density at radius 2 is 2.05 bits per heavy atom. The summed E-state index contributed by atoms with van der Waals surface area (Å²) in [4.78, 5) is 15.8. The maximum absolute atomic E-state index is 13.1. The maximum Gasteiger partial charge on any atom is 0.321 e. The second kappa shape index (κ2) is 6.52. The van der Waals surface area contributed by atoms with Crippen LogP contribution >= 0.6 is 0 Å². The van der Waals surface area contributed by atoms with E-state index >= 15 is 0 Å². The lowest BCUT2D eigenvalue weighted by atomic mass is 10.2. The molecule has 1 aromatic rings. The highest BCUT2D eigenvalue weighted by Gasteiger charge is 2.25. The van der Waals surface area contributed by atoms with Gasteiger partial charge in [0.2, 0.25) is 0 Å². The Morgan fingerprint density at radius 1 is 1.38 bits per heavy atom. The van der Waals surface area contributed by atoms with Crippen LogP contribution in [0.2, 0.25) is 0 Å². The molecule has 112 valence electrons. The minimum atomic E-state index is -0.726. The summed E-state index contributed by atoms with van der Waals surface area (Å²) in [6.07, 6.45) is 1.79. The summed E-state index contributed by atoms with van der Waals surface area (Å²) in [5.41, 5.74) is 2.82. The number of piperazine rings is 1. The van der Waals surface area contributed by atoms with E-state index in [9.17, 15) is 13.6 Å². The fraction of sp³-hybridized carbons (Fsp3) is 0.333. The molecule has 1 saturated heterocycles. The van der Waals surface area contributed by atoms with Crippen LogP contribution in [0.25, 0.3) is 0 Å². The van der Waals surface area contributed by atoms with Gasteiger partial charge in [-0.1, -0.05) is 6.58 Å². The van der Waals surface area contributed by atoms with Gasteiger partial charge < -0.3 is 10.2 Å². The van der Waals surface area contributed by atoms with E-state index in [2.05, 4.69) is 22.5 Å². The van der Waals surface area contributed by atoms with Gasteiger partial charge in [0.15, 0.2) is 0 Å². The monoisotopic (exact) mass is 293 g/mol. The molecule has 1 unspecified atom stereocenters. The quantitative estimate of drug-likeness (QED) is 0.850. The van der Waals surface area contributed by atoms with Gasteiger partial charge >= 0.3 is 6.03 Å². The Kier molecular flexibility index (Phi) is 4.73. The van der Waals surface area contributed by atoms with E-state index in [1.807, 2.05) is 7.05 Å². The van der Waals surface area contributed by atoms with E-state index in [-0.39, 0.29) is 17.8 Å². The SMILES string of the molecule is C=C=CC1CN(C(=O)Nc2cc(F)cc(F)c2)CCN1C. The zero-order chi connectivity index (χ0) is 15.4. The van der Waals surface area contributed by atoms with Gasteiger partial charge in [0.25, 0.3) is 0 Å². The van der Waals surface area contributed by atoms with Gasteiger partial charge in [0, 0.05) is 31.4 Å². The maximum atomic E-state index is 13.1. The van der Waals surface area contributed by atoms with Crippen LogP contribution in [0.15, 0.2) is 36.6 Å². The van der Waals surface area contributed by atoms with Crippen LogP contribution in [0.5, 0.6) is 0 Å². The van der Waals surface area contributed by atoms with Crippen LogP contribution in [0.1, 0.15) is 0 Å². The number of nitrogens with one attached hydrogen (secondary N) is 1. The first-order valence-corrected chi connectivity index (χ1v) is 6.58. The van der Waals surface area contributed by atoms with E-state index in [4.69, 9.17) is 0 Å². The predicted octanol–water partition coefficient (Wildman–Crippen LogP) is 2.45. The fourth-order valence-electron chi connectivity index (χ4n) is 2.23. The summed E-state index contributed by atoms with van der Waals surface area (Å²) >= 11 is 0. The molecule has 1 aliphatic heterocycles. The Labute approximate surface area is 122 Å². The normalized spacial score (nSPS) is 19.0. The van der Waals surface area contributed by atoms with Crippen LogP contribution in [0.3, 0.4) is 0 Å². The molecule has 0 bridgehead atoms. The fourth-order valence-corrected chi connectivity index (χ4v) is 2.23. The van der Waals surface area contributed by atoms with E-state index in [1.165, 1.54) is 0 Å². The van der Waals surface area contributed by atoms with Crippen molar-refractivity contribution in [3.05, 3.63) is 48.2 Å². The number of carbonyl (C=O) groups excluding carboxylic acids is 1. The highest BCUT2D eigenvalue weighted by atomic mass is 19.1. The third-order valence-corrected chi connectivity index (χ3v) is 3.41. The van der Waals surface area contributed by atoms with Crippen molar-refractivity contribution in [2.75, 3.05) is 32.0 Å². The zero-order valence-corrected chi connectivity index (χ0v) is 11.8. The number of amides is 2. The van der Waals surface area contributed by atoms with Crippen LogP contribution in [-0.2, 0) is 0 Å². The second-order valence-electron chi connectivity index (χ2n) is 4.95. The van der Waals surface area contributed by atoms with Crippen molar-refractivity contribution in [1.82, 2.24) is 9.80 Å². The van der Waals surface area contributed by atoms with Crippen LogP contribution in [-0.4, -0.2) is 48.6 Å². The summed E-state index contributed by atoms with van der Waals surface area (Å²) in [6.45, 7) is 5.26. The molecule has 0 aliphatic carbocycles. The highest BCUT2D eigenvalue weighted by molar-refractivity contribution is 5.89. The molecule has 1 heterocycles. The third kappa shape index (κ3) is 3.90. The molecule has 0 saturated carbocycles. The molecular weight excluding hydrogens is 276 g/mol. The zero-order valence-electron chi connectivity index (χ0n) is 11.8. The number of carbonyl (C=O) groups is 1. The van der Waals surface area contributed by atoms with Crippen molar-refractivity contribution in [3.8, 4) is 0 Å². The van der Waals surface area contributed by atoms with Crippen molar-refractivity contribution in [2.24, 2.45) is 0 Å². The Bertz CT molecular complexity index is 564. The molecule has 21 heavy (non-hydrogen) atoms. The molecule has 0 radical (unpaired) electrons. The van der Waals surface area contributed by atoms with E-state index in [0.717, 1.165) is 18.2 Å². The largest absolute Gasteiger partial charge is 0.321 e. The van der Waals surface area contributed by atoms with Crippen molar-refractivity contribution in [1.29, 1.82) is 0 Å². The molecule has 0 aromatic heterocycles. The standard InChI is InChI=1S/C15H17F2N3O/c1-3-4-14-10-20(6-5-19(14)2)15(21)18-13-8-11(16)7-12(17)9-13/h4,7-9,14H,1,5-6,10H2,2H3,(H,18,21). The molecule has 0 spiro atoms. The lowest BCUT2D eigenvalue weighted by Crippen LogP contribution is -2.53. The first kappa shape index (κ1) is 15.2. The number of anilines is 1. The van der Waals surface area contributed by atoms with Crippen molar-refractivity contribution in [3.63, 3.8) is 0 Å². The number of nitrogens with zero attached hydrogens (tertiary/aromatic N) is 2. The molecule has 1 fully saturated rings. The first-order chi connectivity index (χ1) is 9.99. The van der Waals surface area contributed by atoms with E-state index in [1.54, 1.807) is 11.0 Å². The molecule has 1 aromatic carbocycles. The molecule has 1 N–H and O–H groups in total. The third-order valence-electron chi connectivity index (χ3n) is 3.41. The summed E-state index contributed by atoms with van der Waals surface area (Å²) < 4.78 is 26.2.